The van der Waals surface area contributed by atoms with Crippen LogP contribution in [0.1, 0.15) is 18.9 Å². The van der Waals surface area contributed by atoms with E-state index < -0.39 is 5.92 Å². The summed E-state index contributed by atoms with van der Waals surface area (Å²) in [5.41, 5.74) is 6.24. The van der Waals surface area contributed by atoms with Gasteiger partial charge in [-0.15, -0.1) is 0 Å². The maximum absolute atomic E-state index is 11.6. The van der Waals surface area contributed by atoms with Crippen molar-refractivity contribution in [2.75, 3.05) is 0 Å². The highest BCUT2D eigenvalue weighted by Crippen LogP contribution is 2.11. The van der Waals surface area contributed by atoms with E-state index in [1.54, 1.807) is 13.1 Å². The third-order valence-electron chi connectivity index (χ3n) is 2.76. The number of rotatable bonds is 4. The largest absolute Gasteiger partial charge is 0.273 e. The molecular weight excluding hydrogens is 244 g/mol. The number of hydrogen-bond donors (Lipinski definition) is 2. The maximum atomic E-state index is 11.6. The fraction of sp³-hybridized carbons (Fsp3) is 0.231. The highest BCUT2D eigenvalue weighted by Gasteiger charge is 2.28. The van der Waals surface area contributed by atoms with Gasteiger partial charge in [0.15, 0.2) is 0 Å². The molecule has 0 unspecified atom stereocenters. The number of benzene rings is 1. The first kappa shape index (κ1) is 12.9. The fourth-order valence-corrected chi connectivity index (χ4v) is 1.68. The van der Waals surface area contributed by atoms with Gasteiger partial charge in [-0.25, -0.2) is 10.9 Å². The van der Waals surface area contributed by atoms with Crippen LogP contribution >= 0.6 is 0 Å². The Hall–Kier alpha value is -2.50. The van der Waals surface area contributed by atoms with Crippen molar-refractivity contribution < 1.29 is 9.59 Å². The first-order valence-electron chi connectivity index (χ1n) is 5.88. The smallest absolute Gasteiger partial charge is 0.249 e. The zero-order valence-corrected chi connectivity index (χ0v) is 10.5. The predicted octanol–water partition coefficient (Wildman–Crippen LogP) is 0.649. The number of carbonyl (C=O) groups excluding carboxylic acids is 2. The van der Waals surface area contributed by atoms with Crippen molar-refractivity contribution >= 4 is 23.7 Å². The number of carbonyl (C=O) groups is 2. The number of hydrazone groups is 2. The van der Waals surface area contributed by atoms with Crippen molar-refractivity contribution in [2.45, 2.75) is 13.3 Å². The Kier molecular flexibility index (Phi) is 4.02. The van der Waals surface area contributed by atoms with Gasteiger partial charge in [-0.1, -0.05) is 30.3 Å². The topological polar surface area (TPSA) is 82.9 Å². The quantitative estimate of drug-likeness (QED) is 0.614. The van der Waals surface area contributed by atoms with E-state index in [0.717, 1.165) is 5.56 Å². The Morgan fingerprint density at radius 3 is 2.84 bits per heavy atom. The molecule has 1 atom stereocenters. The van der Waals surface area contributed by atoms with Gasteiger partial charge < -0.3 is 0 Å². The van der Waals surface area contributed by atoms with Crippen LogP contribution < -0.4 is 10.9 Å². The molecule has 1 heterocycles. The lowest BCUT2D eigenvalue weighted by Gasteiger charge is -2.05. The van der Waals surface area contributed by atoms with E-state index >= 15 is 0 Å². The Bertz CT molecular complexity index is 537. The normalized spacial score (nSPS) is 18.3. The first-order valence-corrected chi connectivity index (χ1v) is 5.88. The Balaban J connectivity index is 1.84. The van der Waals surface area contributed by atoms with Crippen molar-refractivity contribution in [3.8, 4) is 0 Å². The highest BCUT2D eigenvalue weighted by atomic mass is 16.2. The summed E-state index contributed by atoms with van der Waals surface area (Å²) in [5.74, 6) is -1.06. The summed E-state index contributed by atoms with van der Waals surface area (Å²) in [7, 11) is 0. The fourth-order valence-electron chi connectivity index (χ4n) is 1.68. The van der Waals surface area contributed by atoms with Crippen LogP contribution in [0.25, 0.3) is 0 Å². The van der Waals surface area contributed by atoms with Crippen LogP contribution in [0.2, 0.25) is 0 Å². The molecule has 1 aromatic carbocycles. The van der Waals surface area contributed by atoms with Gasteiger partial charge in [0.1, 0.15) is 0 Å². The number of amides is 2. The number of hydrogen-bond acceptors (Lipinski definition) is 4. The second kappa shape index (κ2) is 5.90. The van der Waals surface area contributed by atoms with Gasteiger partial charge in [-0.05, 0) is 12.5 Å². The third-order valence-corrected chi connectivity index (χ3v) is 2.76. The molecule has 2 rings (SSSR count). The minimum absolute atomic E-state index is 0.0489. The van der Waals surface area contributed by atoms with Gasteiger partial charge in [0.05, 0.1) is 12.1 Å². The predicted molar refractivity (Wildman–Crippen MR) is 71.5 cm³/mol. The standard InChI is InChI=1S/C13H14N4O2/c1-9-11(13(19)17-15-9)7-12(18)16-14-8-10-5-3-2-4-6-10/h2-6,8,11H,7H2,1H3,(H,16,18)(H,17,19)/b14-8-/t11-/m0/s1. The molecule has 0 saturated heterocycles. The highest BCUT2D eigenvalue weighted by molar-refractivity contribution is 6.09. The zero-order valence-electron chi connectivity index (χ0n) is 10.5. The van der Waals surface area contributed by atoms with Gasteiger partial charge in [-0.3, -0.25) is 9.59 Å². The van der Waals surface area contributed by atoms with Crippen molar-refractivity contribution in [1.29, 1.82) is 0 Å². The van der Waals surface area contributed by atoms with Crippen LogP contribution in [-0.2, 0) is 9.59 Å². The van der Waals surface area contributed by atoms with E-state index in [2.05, 4.69) is 21.1 Å². The molecule has 0 aliphatic carbocycles. The van der Waals surface area contributed by atoms with Gasteiger partial charge in [0, 0.05) is 12.1 Å². The molecule has 98 valence electrons. The van der Waals surface area contributed by atoms with Crippen LogP contribution in [0.15, 0.2) is 40.5 Å². The minimum atomic E-state index is -0.494. The Labute approximate surface area is 110 Å². The molecule has 1 aliphatic heterocycles. The molecule has 0 fully saturated rings. The minimum Gasteiger partial charge on any atom is -0.273 e. The monoisotopic (exact) mass is 258 g/mol. The van der Waals surface area contributed by atoms with E-state index in [1.807, 2.05) is 30.3 Å². The Morgan fingerprint density at radius 1 is 1.47 bits per heavy atom. The summed E-state index contributed by atoms with van der Waals surface area (Å²) in [6, 6.07) is 9.40. The molecule has 1 aromatic rings. The summed E-state index contributed by atoms with van der Waals surface area (Å²) in [6.07, 6.45) is 1.60. The lowest BCUT2D eigenvalue weighted by Crippen LogP contribution is -2.29. The Morgan fingerprint density at radius 2 is 2.21 bits per heavy atom. The maximum Gasteiger partial charge on any atom is 0.249 e. The van der Waals surface area contributed by atoms with Crippen LogP contribution in [0.3, 0.4) is 0 Å². The second-order valence-electron chi connectivity index (χ2n) is 4.19. The van der Waals surface area contributed by atoms with Crippen LogP contribution in [0, 0.1) is 5.92 Å². The summed E-state index contributed by atoms with van der Waals surface area (Å²) in [4.78, 5) is 23.0. The average Bonchev–Trinajstić information content (AvgIpc) is 2.72. The molecule has 0 bridgehead atoms. The SMILES string of the molecule is CC1=NNC(=O)[C@H]1CC(=O)N/N=C\c1ccccc1. The van der Waals surface area contributed by atoms with E-state index in [4.69, 9.17) is 0 Å². The van der Waals surface area contributed by atoms with Crippen molar-refractivity contribution in [1.82, 2.24) is 10.9 Å². The summed E-state index contributed by atoms with van der Waals surface area (Å²) < 4.78 is 0. The van der Waals surface area contributed by atoms with E-state index in [9.17, 15) is 9.59 Å². The molecule has 1 aliphatic rings. The number of nitrogens with zero attached hydrogens (tertiary/aromatic N) is 2. The van der Waals surface area contributed by atoms with Crippen LogP contribution in [0.4, 0.5) is 0 Å². The lowest BCUT2D eigenvalue weighted by atomic mass is 10.0. The van der Waals surface area contributed by atoms with E-state index in [1.165, 1.54) is 0 Å². The molecule has 2 amide bonds. The molecule has 0 spiro atoms. The van der Waals surface area contributed by atoms with Gasteiger partial charge in [0.25, 0.3) is 0 Å². The van der Waals surface area contributed by atoms with E-state index in [-0.39, 0.29) is 18.2 Å². The van der Waals surface area contributed by atoms with Crippen molar-refractivity contribution in [2.24, 2.45) is 16.1 Å². The van der Waals surface area contributed by atoms with Gasteiger partial charge in [-0.2, -0.15) is 10.2 Å². The number of nitrogens with one attached hydrogen (secondary N) is 2. The van der Waals surface area contributed by atoms with Crippen molar-refractivity contribution in [3.63, 3.8) is 0 Å². The van der Waals surface area contributed by atoms with E-state index in [0.29, 0.717) is 5.71 Å². The summed E-state index contributed by atoms with van der Waals surface area (Å²) in [6.45, 7) is 1.71. The summed E-state index contributed by atoms with van der Waals surface area (Å²) >= 11 is 0. The first-order chi connectivity index (χ1) is 9.16. The van der Waals surface area contributed by atoms with Gasteiger partial charge in [0.2, 0.25) is 11.8 Å². The second-order valence-corrected chi connectivity index (χ2v) is 4.19. The van der Waals surface area contributed by atoms with Crippen LogP contribution in [-0.4, -0.2) is 23.7 Å². The zero-order chi connectivity index (χ0) is 13.7. The molecule has 2 N–H and O–H groups in total. The molecule has 0 radical (unpaired) electrons. The molecular formula is C13H14N4O2. The molecule has 6 nitrogen and oxygen atoms in total. The molecule has 19 heavy (non-hydrogen) atoms. The molecule has 6 heteroatoms. The lowest BCUT2D eigenvalue weighted by molar-refractivity contribution is -0.127. The van der Waals surface area contributed by atoms with Gasteiger partial charge >= 0.3 is 0 Å². The summed E-state index contributed by atoms with van der Waals surface area (Å²) in [5, 5.41) is 7.62. The van der Waals surface area contributed by atoms with Crippen molar-refractivity contribution in [3.05, 3.63) is 35.9 Å². The third kappa shape index (κ3) is 3.48. The average molecular weight is 258 g/mol. The molecule has 0 aromatic heterocycles. The molecule has 0 saturated carbocycles. The van der Waals surface area contributed by atoms with Crippen LogP contribution in [0.5, 0.6) is 0 Å².